The van der Waals surface area contributed by atoms with Crippen molar-refractivity contribution in [1.82, 2.24) is 0 Å². The molecule has 0 nitrogen and oxygen atoms in total. The minimum Gasteiger partial charge on any atom is -0.239 e. The van der Waals surface area contributed by atoms with Crippen molar-refractivity contribution in [3.63, 3.8) is 0 Å². The molecule has 2 aliphatic carbocycles. The van der Waals surface area contributed by atoms with Crippen molar-refractivity contribution >= 4 is 0 Å². The van der Waals surface area contributed by atoms with Gasteiger partial charge in [-0.05, 0) is 30.9 Å². The second kappa shape index (κ2) is 2.16. The van der Waals surface area contributed by atoms with E-state index in [0.717, 1.165) is 18.9 Å². The number of alkyl halides is 1. The molecule has 1 atom stereocenters. The van der Waals surface area contributed by atoms with E-state index in [4.69, 9.17) is 0 Å². The first-order valence-electron chi connectivity index (χ1n) is 3.94. The lowest BCUT2D eigenvalue weighted by Gasteiger charge is -2.21. The van der Waals surface area contributed by atoms with Gasteiger partial charge in [-0.25, -0.2) is 8.78 Å². The number of hydrogen-bond donors (Lipinski definition) is 0. The van der Waals surface area contributed by atoms with E-state index >= 15 is 0 Å². The normalized spacial score (nSPS) is 37.1. The maximum atomic E-state index is 13.6. The van der Waals surface area contributed by atoms with Crippen molar-refractivity contribution in [2.75, 3.05) is 0 Å². The zero-order valence-electron chi connectivity index (χ0n) is 6.19. The lowest BCUT2D eigenvalue weighted by atomic mass is 9.92. The third kappa shape index (κ3) is 1.22. The van der Waals surface area contributed by atoms with Gasteiger partial charge in [-0.2, -0.15) is 0 Å². The van der Waals surface area contributed by atoms with Gasteiger partial charge in [-0.3, -0.25) is 0 Å². The van der Waals surface area contributed by atoms with Crippen LogP contribution in [0.1, 0.15) is 19.3 Å². The van der Waals surface area contributed by atoms with Crippen LogP contribution < -0.4 is 0 Å². The Kier molecular flexibility index (Phi) is 1.38. The Labute approximate surface area is 64.6 Å². The third-order valence-corrected chi connectivity index (χ3v) is 2.34. The number of allylic oxidation sites excluding steroid dienone is 4. The number of rotatable bonds is 1. The quantitative estimate of drug-likeness (QED) is 0.547. The number of hydrogen-bond acceptors (Lipinski definition) is 0. The summed E-state index contributed by atoms with van der Waals surface area (Å²) >= 11 is 0. The van der Waals surface area contributed by atoms with Crippen LogP contribution in [0.4, 0.5) is 8.78 Å². The van der Waals surface area contributed by atoms with Gasteiger partial charge in [0.1, 0.15) is 11.5 Å². The molecule has 2 heteroatoms. The average Bonchev–Trinajstić information content (AvgIpc) is 2.66. The molecule has 60 valence electrons. The van der Waals surface area contributed by atoms with Crippen molar-refractivity contribution in [1.29, 1.82) is 0 Å². The summed E-state index contributed by atoms with van der Waals surface area (Å²) in [5.41, 5.74) is -1.36. The molecule has 0 heterocycles. The highest BCUT2D eigenvalue weighted by Gasteiger charge is 2.44. The smallest absolute Gasteiger partial charge is 0.138 e. The first kappa shape index (κ1) is 7.01. The summed E-state index contributed by atoms with van der Waals surface area (Å²) in [5.74, 6) is -0.344. The molecule has 0 radical (unpaired) electrons. The highest BCUT2D eigenvalue weighted by Crippen LogP contribution is 2.47. The Morgan fingerprint density at radius 2 is 2.18 bits per heavy atom. The molecule has 0 aromatic rings. The van der Waals surface area contributed by atoms with Crippen LogP contribution in [0.25, 0.3) is 0 Å². The molecule has 1 fully saturated rings. The Morgan fingerprint density at radius 3 is 2.73 bits per heavy atom. The molecule has 0 bridgehead atoms. The van der Waals surface area contributed by atoms with Gasteiger partial charge in [-0.15, -0.1) is 0 Å². The Hall–Kier alpha value is -0.660. The fourth-order valence-electron chi connectivity index (χ4n) is 1.54. The molecular weight excluding hydrogens is 146 g/mol. The van der Waals surface area contributed by atoms with Crippen molar-refractivity contribution in [2.45, 2.75) is 24.9 Å². The van der Waals surface area contributed by atoms with Crippen LogP contribution in [0.5, 0.6) is 0 Å². The molecule has 0 N–H and O–H groups in total. The lowest BCUT2D eigenvalue weighted by Crippen LogP contribution is -2.23. The molecule has 2 rings (SSSR count). The molecular formula is C9H10F2. The highest BCUT2D eigenvalue weighted by molar-refractivity contribution is 5.26. The topological polar surface area (TPSA) is 0 Å². The second-order valence-electron chi connectivity index (χ2n) is 3.34. The van der Waals surface area contributed by atoms with E-state index in [9.17, 15) is 8.78 Å². The largest absolute Gasteiger partial charge is 0.239 e. The van der Waals surface area contributed by atoms with Crippen molar-refractivity contribution < 1.29 is 8.78 Å². The van der Waals surface area contributed by atoms with Crippen LogP contribution in [-0.2, 0) is 0 Å². The van der Waals surface area contributed by atoms with Crippen LogP contribution in [0.15, 0.2) is 24.1 Å². The maximum Gasteiger partial charge on any atom is 0.138 e. The molecule has 1 saturated carbocycles. The Balaban J connectivity index is 2.20. The minimum atomic E-state index is -1.36. The van der Waals surface area contributed by atoms with Crippen molar-refractivity contribution in [3.8, 4) is 0 Å². The molecule has 0 spiro atoms. The first-order valence-corrected chi connectivity index (χ1v) is 3.94. The number of halogens is 2. The second-order valence-corrected chi connectivity index (χ2v) is 3.34. The summed E-state index contributed by atoms with van der Waals surface area (Å²) in [4.78, 5) is 0. The third-order valence-electron chi connectivity index (χ3n) is 2.34. The predicted molar refractivity (Wildman–Crippen MR) is 39.5 cm³/mol. The molecule has 0 saturated heterocycles. The van der Waals surface area contributed by atoms with Gasteiger partial charge >= 0.3 is 0 Å². The zero-order chi connectivity index (χ0) is 7.90. The predicted octanol–water partition coefficient (Wildman–Crippen LogP) is 2.92. The van der Waals surface area contributed by atoms with Crippen LogP contribution in [0.3, 0.4) is 0 Å². The first-order chi connectivity index (χ1) is 5.21. The van der Waals surface area contributed by atoms with E-state index in [1.54, 1.807) is 6.08 Å². The van der Waals surface area contributed by atoms with E-state index in [0.29, 0.717) is 6.42 Å². The summed E-state index contributed by atoms with van der Waals surface area (Å²) in [6, 6.07) is 0. The van der Waals surface area contributed by atoms with E-state index in [1.165, 1.54) is 6.08 Å². The van der Waals surface area contributed by atoms with Gasteiger partial charge in [0.15, 0.2) is 0 Å². The van der Waals surface area contributed by atoms with E-state index in [1.807, 2.05) is 0 Å². The molecule has 11 heavy (non-hydrogen) atoms. The maximum absolute atomic E-state index is 13.6. The van der Waals surface area contributed by atoms with E-state index in [-0.39, 0.29) is 5.92 Å². The van der Waals surface area contributed by atoms with Crippen LogP contribution >= 0.6 is 0 Å². The zero-order valence-corrected chi connectivity index (χ0v) is 6.19. The highest BCUT2D eigenvalue weighted by atomic mass is 19.1. The van der Waals surface area contributed by atoms with Gasteiger partial charge in [0, 0.05) is 6.42 Å². The Bertz CT molecular complexity index is 226. The van der Waals surface area contributed by atoms with Crippen LogP contribution in [-0.4, -0.2) is 5.67 Å². The van der Waals surface area contributed by atoms with E-state index in [2.05, 4.69) is 0 Å². The van der Waals surface area contributed by atoms with Gasteiger partial charge in [0.05, 0.1) is 0 Å². The minimum absolute atomic E-state index is 0.0817. The molecule has 0 aliphatic heterocycles. The fraction of sp³-hybridized carbons (Fsp3) is 0.556. The fourth-order valence-corrected chi connectivity index (χ4v) is 1.54. The molecule has 0 aromatic heterocycles. The monoisotopic (exact) mass is 156 g/mol. The molecule has 0 amide bonds. The SMILES string of the molecule is FC1=CC(F)(C2CC2)CC=C1. The van der Waals surface area contributed by atoms with Gasteiger partial charge in [0.25, 0.3) is 0 Å². The van der Waals surface area contributed by atoms with Crippen LogP contribution in [0, 0.1) is 5.92 Å². The summed E-state index contributed by atoms with van der Waals surface area (Å²) in [7, 11) is 0. The van der Waals surface area contributed by atoms with Crippen molar-refractivity contribution in [3.05, 3.63) is 24.1 Å². The summed E-state index contributed by atoms with van der Waals surface area (Å²) in [6.45, 7) is 0. The van der Waals surface area contributed by atoms with Crippen LogP contribution in [0.2, 0.25) is 0 Å². The lowest BCUT2D eigenvalue weighted by molar-refractivity contribution is 0.193. The van der Waals surface area contributed by atoms with Gasteiger partial charge in [-0.1, -0.05) is 6.08 Å². The molecule has 1 unspecified atom stereocenters. The Morgan fingerprint density at radius 1 is 1.45 bits per heavy atom. The molecule has 0 aromatic carbocycles. The van der Waals surface area contributed by atoms with Gasteiger partial charge < -0.3 is 0 Å². The van der Waals surface area contributed by atoms with Gasteiger partial charge in [0.2, 0.25) is 0 Å². The summed E-state index contributed by atoms with van der Waals surface area (Å²) in [6.07, 6.45) is 6.21. The average molecular weight is 156 g/mol. The summed E-state index contributed by atoms with van der Waals surface area (Å²) in [5, 5.41) is 0. The standard InChI is InChI=1S/C9H10F2/c10-8-2-1-5-9(11,6-8)7-3-4-7/h1-2,6-7H,3-5H2. The summed E-state index contributed by atoms with van der Waals surface area (Å²) < 4.78 is 26.2. The van der Waals surface area contributed by atoms with Crippen molar-refractivity contribution in [2.24, 2.45) is 5.92 Å². The van der Waals surface area contributed by atoms with E-state index < -0.39 is 11.5 Å². The molecule has 2 aliphatic rings.